The number of furan rings is 1. The van der Waals surface area contributed by atoms with Crippen molar-refractivity contribution in [2.24, 2.45) is 0 Å². The molecular weight excluding hydrogens is 298 g/mol. The second-order valence-corrected chi connectivity index (χ2v) is 5.95. The van der Waals surface area contributed by atoms with Crippen LogP contribution in [-0.2, 0) is 11.3 Å². The number of likely N-dealkylation sites (tertiary alicyclic amines) is 2. The van der Waals surface area contributed by atoms with E-state index in [9.17, 15) is 9.59 Å². The Labute approximate surface area is 132 Å². The quantitative estimate of drug-likeness (QED) is 0.829. The lowest BCUT2D eigenvalue weighted by atomic mass is 10.1. The number of amides is 2. The van der Waals surface area contributed by atoms with E-state index in [0.29, 0.717) is 31.8 Å². The fraction of sp³-hybridized carbons (Fsp3) is 0.467. The first-order valence-electron chi connectivity index (χ1n) is 7.72. The van der Waals surface area contributed by atoms with Gasteiger partial charge in [-0.05, 0) is 18.6 Å². The van der Waals surface area contributed by atoms with Crippen LogP contribution in [0.2, 0.25) is 0 Å². The summed E-state index contributed by atoms with van der Waals surface area (Å²) in [6, 6.07) is 3.49. The molecule has 120 valence electrons. The molecule has 0 spiro atoms. The molecule has 2 aromatic rings. The van der Waals surface area contributed by atoms with E-state index >= 15 is 0 Å². The Morgan fingerprint density at radius 1 is 1.39 bits per heavy atom. The van der Waals surface area contributed by atoms with Gasteiger partial charge in [0.2, 0.25) is 5.91 Å². The van der Waals surface area contributed by atoms with E-state index in [4.69, 9.17) is 4.42 Å². The molecule has 0 unspecified atom stereocenters. The van der Waals surface area contributed by atoms with Crippen LogP contribution < -0.4 is 0 Å². The summed E-state index contributed by atoms with van der Waals surface area (Å²) in [5, 5.41) is 8.26. The van der Waals surface area contributed by atoms with Gasteiger partial charge in [-0.2, -0.15) is 0 Å². The predicted molar refractivity (Wildman–Crippen MR) is 78.3 cm³/mol. The Morgan fingerprint density at radius 2 is 2.26 bits per heavy atom. The highest BCUT2D eigenvalue weighted by Gasteiger charge is 2.34. The molecule has 2 aliphatic heterocycles. The predicted octanol–water partition coefficient (Wildman–Crippen LogP) is 0.691. The first-order chi connectivity index (χ1) is 11.2. The van der Waals surface area contributed by atoms with Gasteiger partial charge in [-0.25, -0.2) is 4.68 Å². The normalized spacial score (nSPS) is 18.5. The molecule has 23 heavy (non-hydrogen) atoms. The van der Waals surface area contributed by atoms with E-state index < -0.39 is 0 Å². The summed E-state index contributed by atoms with van der Waals surface area (Å²) in [7, 11) is 0. The highest BCUT2D eigenvalue weighted by molar-refractivity contribution is 5.92. The summed E-state index contributed by atoms with van der Waals surface area (Å²) in [6.07, 6.45) is 4.90. The van der Waals surface area contributed by atoms with E-state index in [0.717, 1.165) is 18.7 Å². The molecule has 2 aliphatic rings. The second kappa shape index (κ2) is 5.53. The van der Waals surface area contributed by atoms with Gasteiger partial charge >= 0.3 is 0 Å². The van der Waals surface area contributed by atoms with Gasteiger partial charge in [0, 0.05) is 26.1 Å². The van der Waals surface area contributed by atoms with Crippen LogP contribution in [0.15, 0.2) is 29.0 Å². The molecule has 0 saturated carbocycles. The topological polar surface area (TPSA) is 84.5 Å². The molecule has 8 nitrogen and oxygen atoms in total. The van der Waals surface area contributed by atoms with Crippen molar-refractivity contribution in [3.05, 3.63) is 36.0 Å². The number of nitrogens with zero attached hydrogens (tertiary/aromatic N) is 5. The van der Waals surface area contributed by atoms with Crippen LogP contribution in [0.5, 0.6) is 0 Å². The molecule has 0 bridgehead atoms. The Kier molecular flexibility index (Phi) is 3.36. The van der Waals surface area contributed by atoms with Crippen LogP contribution in [0.1, 0.15) is 35.1 Å². The number of aromatic nitrogens is 3. The van der Waals surface area contributed by atoms with Crippen molar-refractivity contribution in [3.63, 3.8) is 0 Å². The highest BCUT2D eigenvalue weighted by atomic mass is 16.3. The third-order valence-corrected chi connectivity index (χ3v) is 4.34. The molecule has 8 heteroatoms. The molecule has 4 rings (SSSR count). The van der Waals surface area contributed by atoms with Gasteiger partial charge in [0.15, 0.2) is 5.76 Å². The third kappa shape index (κ3) is 2.60. The van der Waals surface area contributed by atoms with Gasteiger partial charge < -0.3 is 14.2 Å². The zero-order valence-corrected chi connectivity index (χ0v) is 12.6. The average Bonchev–Trinajstić information content (AvgIpc) is 3.21. The number of hydrogen-bond donors (Lipinski definition) is 0. The largest absolute Gasteiger partial charge is 0.459 e. The molecule has 0 radical (unpaired) electrons. The fourth-order valence-electron chi connectivity index (χ4n) is 2.98. The number of rotatable bonds is 4. The summed E-state index contributed by atoms with van der Waals surface area (Å²) in [5.41, 5.74) is 0.788. The number of hydrogen-bond acceptors (Lipinski definition) is 5. The molecule has 0 aromatic carbocycles. The van der Waals surface area contributed by atoms with Crippen LogP contribution in [0.4, 0.5) is 0 Å². The van der Waals surface area contributed by atoms with Gasteiger partial charge in [-0.1, -0.05) is 5.21 Å². The molecular formula is C15H17N5O3. The van der Waals surface area contributed by atoms with Gasteiger partial charge in [-0.15, -0.1) is 5.10 Å². The molecule has 2 saturated heterocycles. The number of carbonyl (C=O) groups is 2. The Bertz CT molecular complexity index is 717. The summed E-state index contributed by atoms with van der Waals surface area (Å²) in [4.78, 5) is 27.2. The summed E-state index contributed by atoms with van der Waals surface area (Å²) >= 11 is 0. The van der Waals surface area contributed by atoms with Gasteiger partial charge in [0.1, 0.15) is 5.69 Å². The van der Waals surface area contributed by atoms with E-state index in [1.165, 1.54) is 6.26 Å². The van der Waals surface area contributed by atoms with Crippen molar-refractivity contribution in [2.75, 3.05) is 19.6 Å². The number of carbonyl (C=O) groups excluding carboxylic acids is 2. The van der Waals surface area contributed by atoms with E-state index in [-0.39, 0.29) is 17.9 Å². The maximum atomic E-state index is 12.1. The lowest BCUT2D eigenvalue weighted by Crippen LogP contribution is -2.50. The molecule has 2 amide bonds. The molecule has 0 atom stereocenters. The molecule has 2 aromatic heterocycles. The Hall–Kier alpha value is -2.64. The summed E-state index contributed by atoms with van der Waals surface area (Å²) in [5.74, 6) is 0.433. The standard InChI is InChI=1S/C15H17N5O3/c21-14-4-1-5-18(14)7-11-8-20(17-16-11)12-9-19(10-12)15(22)13-3-2-6-23-13/h2-3,6,8,12H,1,4-5,7,9-10H2. The average molecular weight is 315 g/mol. The van der Waals surface area contributed by atoms with E-state index in [2.05, 4.69) is 10.3 Å². The van der Waals surface area contributed by atoms with Gasteiger partial charge in [0.25, 0.3) is 5.91 Å². The van der Waals surface area contributed by atoms with Crippen molar-refractivity contribution < 1.29 is 14.0 Å². The van der Waals surface area contributed by atoms with Crippen LogP contribution in [0, 0.1) is 0 Å². The molecule has 4 heterocycles. The molecule has 0 N–H and O–H groups in total. The Morgan fingerprint density at radius 3 is 2.96 bits per heavy atom. The zero-order chi connectivity index (χ0) is 15.8. The van der Waals surface area contributed by atoms with Gasteiger partial charge in [-0.3, -0.25) is 9.59 Å². The lowest BCUT2D eigenvalue weighted by Gasteiger charge is -2.38. The molecule has 2 fully saturated rings. The minimum atomic E-state index is -0.103. The summed E-state index contributed by atoms with van der Waals surface area (Å²) in [6.45, 7) is 2.48. The maximum Gasteiger partial charge on any atom is 0.289 e. The minimum Gasteiger partial charge on any atom is -0.459 e. The van der Waals surface area contributed by atoms with Crippen molar-refractivity contribution in [3.8, 4) is 0 Å². The SMILES string of the molecule is O=C1CCCN1Cc1cn(C2CN(C(=O)c3ccco3)C2)nn1. The van der Waals surface area contributed by atoms with Crippen LogP contribution in [0.25, 0.3) is 0 Å². The fourth-order valence-corrected chi connectivity index (χ4v) is 2.98. The third-order valence-electron chi connectivity index (χ3n) is 4.34. The highest BCUT2D eigenvalue weighted by Crippen LogP contribution is 2.23. The van der Waals surface area contributed by atoms with E-state index in [1.807, 2.05) is 11.1 Å². The first-order valence-corrected chi connectivity index (χ1v) is 7.72. The second-order valence-electron chi connectivity index (χ2n) is 5.95. The van der Waals surface area contributed by atoms with Crippen LogP contribution >= 0.6 is 0 Å². The van der Waals surface area contributed by atoms with Crippen molar-refractivity contribution >= 4 is 11.8 Å². The van der Waals surface area contributed by atoms with Crippen molar-refractivity contribution in [2.45, 2.75) is 25.4 Å². The van der Waals surface area contributed by atoms with Crippen LogP contribution in [0.3, 0.4) is 0 Å². The first kappa shape index (κ1) is 14.0. The van der Waals surface area contributed by atoms with Crippen molar-refractivity contribution in [1.29, 1.82) is 0 Å². The van der Waals surface area contributed by atoms with Crippen molar-refractivity contribution in [1.82, 2.24) is 24.8 Å². The summed E-state index contributed by atoms with van der Waals surface area (Å²) < 4.78 is 6.90. The monoisotopic (exact) mass is 315 g/mol. The minimum absolute atomic E-state index is 0.103. The van der Waals surface area contributed by atoms with E-state index in [1.54, 1.807) is 21.7 Å². The van der Waals surface area contributed by atoms with Crippen LogP contribution in [-0.4, -0.2) is 56.2 Å². The molecule has 0 aliphatic carbocycles. The smallest absolute Gasteiger partial charge is 0.289 e. The lowest BCUT2D eigenvalue weighted by molar-refractivity contribution is -0.128. The Balaban J connectivity index is 1.34. The maximum absolute atomic E-state index is 12.1. The van der Waals surface area contributed by atoms with Gasteiger partial charge in [0.05, 0.1) is 25.0 Å². The zero-order valence-electron chi connectivity index (χ0n) is 12.6.